The van der Waals surface area contributed by atoms with Crippen molar-refractivity contribution in [2.24, 2.45) is 0 Å². The van der Waals surface area contributed by atoms with E-state index in [1.54, 1.807) is 39.4 Å². The van der Waals surface area contributed by atoms with Crippen molar-refractivity contribution in [3.8, 4) is 11.1 Å². The van der Waals surface area contributed by atoms with Gasteiger partial charge in [0.25, 0.3) is 0 Å². The molecule has 34 heavy (non-hydrogen) atoms. The molecule has 0 saturated heterocycles. The first-order valence-electron chi connectivity index (χ1n) is 11.1. The van der Waals surface area contributed by atoms with E-state index in [9.17, 15) is 9.59 Å². The predicted molar refractivity (Wildman–Crippen MR) is 128 cm³/mol. The van der Waals surface area contributed by atoms with Crippen LogP contribution in [0.15, 0.2) is 55.0 Å². The van der Waals surface area contributed by atoms with Crippen LogP contribution in [-0.2, 0) is 29.2 Å². The maximum atomic E-state index is 12.1. The zero-order valence-corrected chi connectivity index (χ0v) is 19.5. The van der Waals surface area contributed by atoms with E-state index in [-0.39, 0.29) is 12.5 Å². The van der Waals surface area contributed by atoms with Crippen LogP contribution in [-0.4, -0.2) is 39.1 Å². The average Bonchev–Trinajstić information content (AvgIpc) is 3.25. The summed E-state index contributed by atoms with van der Waals surface area (Å²) in [6, 6.07) is 11.8. The van der Waals surface area contributed by atoms with E-state index in [4.69, 9.17) is 4.74 Å². The van der Waals surface area contributed by atoms with Gasteiger partial charge in [-0.15, -0.1) is 0 Å². The predicted octanol–water partition coefficient (Wildman–Crippen LogP) is 3.20. The fourth-order valence-electron chi connectivity index (χ4n) is 3.57. The summed E-state index contributed by atoms with van der Waals surface area (Å²) in [5.74, 6) is 0.368. The number of ether oxygens (including phenoxy) is 1. The summed E-state index contributed by atoms with van der Waals surface area (Å²) in [7, 11) is 0. The summed E-state index contributed by atoms with van der Waals surface area (Å²) in [5, 5.41) is 5.25. The minimum absolute atomic E-state index is 0.153. The van der Waals surface area contributed by atoms with E-state index in [2.05, 4.69) is 36.6 Å². The molecule has 1 aliphatic heterocycles. The van der Waals surface area contributed by atoms with Crippen molar-refractivity contribution < 1.29 is 14.3 Å². The van der Waals surface area contributed by atoms with Crippen LogP contribution in [0.2, 0.25) is 0 Å². The van der Waals surface area contributed by atoms with Gasteiger partial charge in [-0.25, -0.2) is 14.8 Å². The van der Waals surface area contributed by atoms with Crippen LogP contribution < -0.4 is 15.5 Å². The molecule has 2 amide bonds. The fourth-order valence-corrected chi connectivity index (χ4v) is 3.57. The second kappa shape index (κ2) is 9.86. The topological polar surface area (TPSA) is 109 Å². The number of pyridine rings is 1. The molecule has 2 N–H and O–H groups in total. The second-order valence-electron chi connectivity index (χ2n) is 9.07. The second-order valence-corrected chi connectivity index (χ2v) is 9.07. The fraction of sp³-hybridized carbons (Fsp3) is 0.320. The minimum Gasteiger partial charge on any atom is -0.444 e. The zero-order chi connectivity index (χ0) is 24.1. The third-order valence-corrected chi connectivity index (χ3v) is 5.15. The molecule has 3 aromatic rings. The van der Waals surface area contributed by atoms with Crippen LogP contribution in [0.25, 0.3) is 11.1 Å². The van der Waals surface area contributed by atoms with Crippen LogP contribution >= 0.6 is 0 Å². The highest BCUT2D eigenvalue weighted by atomic mass is 16.6. The molecule has 0 bridgehead atoms. The smallest absolute Gasteiger partial charge is 0.408 e. The number of rotatable bonds is 6. The number of nitrogens with zero attached hydrogens (tertiary/aromatic N) is 4. The first kappa shape index (κ1) is 23.2. The van der Waals surface area contributed by atoms with E-state index in [0.29, 0.717) is 19.0 Å². The average molecular weight is 461 g/mol. The molecule has 0 aliphatic carbocycles. The van der Waals surface area contributed by atoms with Crippen molar-refractivity contribution in [2.45, 2.75) is 46.0 Å². The minimum atomic E-state index is -0.623. The van der Waals surface area contributed by atoms with Gasteiger partial charge in [0.15, 0.2) is 0 Å². The highest BCUT2D eigenvalue weighted by molar-refractivity contribution is 5.82. The molecule has 9 nitrogen and oxygen atoms in total. The Morgan fingerprint density at radius 3 is 2.53 bits per heavy atom. The molecule has 0 saturated carbocycles. The van der Waals surface area contributed by atoms with Gasteiger partial charge in [0.05, 0.1) is 12.2 Å². The number of amides is 2. The number of hydrogen-bond donors (Lipinski definition) is 2. The van der Waals surface area contributed by atoms with E-state index >= 15 is 0 Å². The maximum Gasteiger partial charge on any atom is 0.408 e. The van der Waals surface area contributed by atoms with Crippen molar-refractivity contribution in [3.63, 3.8) is 0 Å². The highest BCUT2D eigenvalue weighted by Gasteiger charge is 2.21. The maximum absolute atomic E-state index is 12.1. The zero-order valence-electron chi connectivity index (χ0n) is 19.5. The lowest BCUT2D eigenvalue weighted by Gasteiger charge is -2.19. The summed E-state index contributed by atoms with van der Waals surface area (Å²) in [4.78, 5) is 39.4. The summed E-state index contributed by atoms with van der Waals surface area (Å²) in [6.45, 7) is 6.93. The Morgan fingerprint density at radius 1 is 1.00 bits per heavy atom. The van der Waals surface area contributed by atoms with Gasteiger partial charge in [-0.1, -0.05) is 24.3 Å². The van der Waals surface area contributed by atoms with Crippen LogP contribution in [0.4, 0.5) is 10.7 Å². The van der Waals surface area contributed by atoms with Crippen molar-refractivity contribution in [1.29, 1.82) is 0 Å². The lowest BCUT2D eigenvalue weighted by atomic mass is 10.1. The monoisotopic (exact) mass is 460 g/mol. The number of fused-ring (bicyclic) bond motifs is 1. The Morgan fingerprint density at radius 2 is 1.79 bits per heavy atom. The molecule has 0 spiro atoms. The van der Waals surface area contributed by atoms with Gasteiger partial charge in [0.1, 0.15) is 12.1 Å². The molecule has 1 aliphatic rings. The van der Waals surface area contributed by atoms with Crippen molar-refractivity contribution in [3.05, 3.63) is 71.8 Å². The quantitative estimate of drug-likeness (QED) is 0.581. The summed E-state index contributed by atoms with van der Waals surface area (Å²) in [5.41, 5.74) is 4.42. The third-order valence-electron chi connectivity index (χ3n) is 5.15. The van der Waals surface area contributed by atoms with Gasteiger partial charge in [0.2, 0.25) is 11.9 Å². The van der Waals surface area contributed by atoms with Gasteiger partial charge < -0.3 is 20.3 Å². The van der Waals surface area contributed by atoms with E-state index < -0.39 is 11.7 Å². The van der Waals surface area contributed by atoms with Gasteiger partial charge in [0, 0.05) is 37.2 Å². The van der Waals surface area contributed by atoms with E-state index in [1.165, 1.54) is 5.56 Å². The van der Waals surface area contributed by atoms with Crippen LogP contribution in [0.5, 0.6) is 0 Å². The Labute approximate surface area is 198 Å². The molecule has 3 heterocycles. The van der Waals surface area contributed by atoms with Crippen molar-refractivity contribution in [1.82, 2.24) is 25.6 Å². The van der Waals surface area contributed by atoms with E-state index in [1.807, 2.05) is 30.3 Å². The highest BCUT2D eigenvalue weighted by Crippen LogP contribution is 2.25. The number of nitrogens with one attached hydrogen (secondary N) is 2. The molecule has 9 heteroatoms. The van der Waals surface area contributed by atoms with Gasteiger partial charge in [-0.3, -0.25) is 9.78 Å². The van der Waals surface area contributed by atoms with Gasteiger partial charge in [-0.05, 0) is 49.6 Å². The number of carbonyl (C=O) groups is 2. The van der Waals surface area contributed by atoms with Gasteiger partial charge in [-0.2, -0.15) is 0 Å². The van der Waals surface area contributed by atoms with Gasteiger partial charge >= 0.3 is 6.09 Å². The Bertz CT molecular complexity index is 1150. The number of hydrogen-bond acceptors (Lipinski definition) is 7. The lowest BCUT2D eigenvalue weighted by molar-refractivity contribution is -0.120. The lowest BCUT2D eigenvalue weighted by Crippen LogP contribution is -2.39. The summed E-state index contributed by atoms with van der Waals surface area (Å²) >= 11 is 0. The molecule has 0 atom stereocenters. The number of alkyl carbamates (subject to hydrolysis) is 1. The molecular formula is C25H28N6O3. The number of aromatic nitrogens is 3. The first-order chi connectivity index (χ1) is 16.3. The molecule has 0 radical (unpaired) electrons. The SMILES string of the molecule is CC(C)(C)OC(=O)NCC(=O)NCc1cccc(-c2cnc(N3Cc4cccnc4C3)nc2)c1. The van der Waals surface area contributed by atoms with Crippen molar-refractivity contribution in [2.75, 3.05) is 11.4 Å². The normalized spacial score (nSPS) is 12.7. The molecule has 4 rings (SSSR count). The van der Waals surface area contributed by atoms with Crippen LogP contribution in [0.1, 0.15) is 37.6 Å². The Kier molecular flexibility index (Phi) is 6.72. The Balaban J connectivity index is 1.31. The summed E-state index contributed by atoms with van der Waals surface area (Å²) in [6.07, 6.45) is 4.80. The third kappa shape index (κ3) is 6.06. The molecule has 1 aromatic carbocycles. The Hall–Kier alpha value is -4.01. The largest absolute Gasteiger partial charge is 0.444 e. The molecule has 0 unspecified atom stereocenters. The van der Waals surface area contributed by atoms with Crippen LogP contribution in [0.3, 0.4) is 0 Å². The summed E-state index contributed by atoms with van der Waals surface area (Å²) < 4.78 is 5.12. The molecular weight excluding hydrogens is 432 g/mol. The molecule has 176 valence electrons. The standard InChI is InChI=1S/C25H28N6O3/c1-25(2,3)34-24(33)30-14-22(32)27-11-17-6-4-7-18(10-17)20-12-28-23(29-13-20)31-15-19-8-5-9-26-21(19)16-31/h4-10,12-13H,11,14-16H2,1-3H3,(H,27,32)(H,30,33). The van der Waals surface area contributed by atoms with Crippen molar-refractivity contribution >= 4 is 17.9 Å². The number of anilines is 1. The molecule has 2 aromatic heterocycles. The number of carbonyl (C=O) groups excluding carboxylic acids is 2. The first-order valence-corrected chi connectivity index (χ1v) is 11.1. The number of benzene rings is 1. The van der Waals surface area contributed by atoms with E-state index in [0.717, 1.165) is 28.9 Å². The molecule has 0 fully saturated rings. The van der Waals surface area contributed by atoms with Crippen LogP contribution in [0, 0.1) is 0 Å².